The smallest absolute Gasteiger partial charge is 0.225 e. The van der Waals surface area contributed by atoms with Crippen LogP contribution in [0.4, 0.5) is 15.9 Å². The summed E-state index contributed by atoms with van der Waals surface area (Å²) >= 11 is 0. The maximum atomic E-state index is 13.4. The molecule has 2 saturated heterocycles. The van der Waals surface area contributed by atoms with Crippen LogP contribution in [0, 0.1) is 18.7 Å². The fraction of sp³-hybridized carbons (Fsp3) is 0.345. The molecule has 0 N–H and O–H groups in total. The van der Waals surface area contributed by atoms with Gasteiger partial charge < -0.3 is 14.7 Å². The van der Waals surface area contributed by atoms with Crippen molar-refractivity contribution in [3.8, 4) is 11.3 Å². The Hall–Kier alpha value is -3.94. The van der Waals surface area contributed by atoms with Crippen LogP contribution in [-0.4, -0.2) is 64.7 Å². The molecule has 2 aliphatic rings. The summed E-state index contributed by atoms with van der Waals surface area (Å²) in [7, 11) is 0. The van der Waals surface area contributed by atoms with Gasteiger partial charge in [-0.05, 0) is 56.2 Å². The Morgan fingerprint density at radius 3 is 2.27 bits per heavy atom. The average Bonchev–Trinajstić information content (AvgIpc) is 3.37. The number of halogens is 1. The van der Waals surface area contributed by atoms with Crippen LogP contribution in [0.3, 0.4) is 0 Å². The molecule has 0 unspecified atom stereocenters. The van der Waals surface area contributed by atoms with Crippen molar-refractivity contribution in [1.82, 2.24) is 19.5 Å². The highest BCUT2D eigenvalue weighted by Crippen LogP contribution is 2.28. The molecule has 2 fully saturated rings. The molecule has 2 aliphatic heterocycles. The largest absolute Gasteiger partial charge is 0.368 e. The van der Waals surface area contributed by atoms with Crippen LogP contribution in [-0.2, 0) is 4.79 Å². The van der Waals surface area contributed by atoms with Crippen molar-refractivity contribution in [3.05, 3.63) is 78.2 Å². The molecular weight excluding hydrogens is 467 g/mol. The van der Waals surface area contributed by atoms with E-state index in [0.717, 1.165) is 80.5 Å². The summed E-state index contributed by atoms with van der Waals surface area (Å²) in [5.74, 6) is 1.07. The van der Waals surface area contributed by atoms with Crippen LogP contribution in [0.5, 0.6) is 0 Å². The minimum absolute atomic E-state index is 0.0605. The highest BCUT2D eigenvalue weighted by atomic mass is 19.1. The molecule has 8 heteroatoms. The number of rotatable bonds is 4. The molecule has 6 rings (SSSR count). The number of hydrogen-bond donors (Lipinski definition) is 0. The van der Waals surface area contributed by atoms with Crippen molar-refractivity contribution in [2.45, 2.75) is 19.8 Å². The van der Waals surface area contributed by atoms with E-state index in [1.54, 1.807) is 12.1 Å². The van der Waals surface area contributed by atoms with Gasteiger partial charge >= 0.3 is 0 Å². The number of piperidine rings is 1. The van der Waals surface area contributed by atoms with Crippen molar-refractivity contribution in [2.75, 3.05) is 49.1 Å². The Balaban J connectivity index is 1.12. The fourth-order valence-electron chi connectivity index (χ4n) is 5.50. The van der Waals surface area contributed by atoms with Gasteiger partial charge in [-0.25, -0.2) is 9.37 Å². The number of hydrogen-bond acceptors (Lipinski definition) is 5. The van der Waals surface area contributed by atoms with Gasteiger partial charge in [0, 0.05) is 74.3 Å². The molecule has 1 amide bonds. The van der Waals surface area contributed by atoms with Crippen LogP contribution in [0.2, 0.25) is 0 Å². The monoisotopic (exact) mass is 498 g/mol. The minimum Gasteiger partial charge on any atom is -0.368 e. The number of fused-ring (bicyclic) bond motifs is 1. The zero-order valence-corrected chi connectivity index (χ0v) is 21.1. The number of carbonyl (C=O) groups excluding carboxylic acids is 1. The third-order valence-electron chi connectivity index (χ3n) is 7.56. The van der Waals surface area contributed by atoms with Crippen molar-refractivity contribution in [2.24, 2.45) is 5.92 Å². The number of benzene rings is 2. The molecule has 0 spiro atoms. The van der Waals surface area contributed by atoms with Gasteiger partial charge in [0.05, 0.1) is 5.69 Å². The highest BCUT2D eigenvalue weighted by Gasteiger charge is 2.31. The van der Waals surface area contributed by atoms with Gasteiger partial charge in [0.25, 0.3) is 0 Å². The van der Waals surface area contributed by atoms with Crippen LogP contribution >= 0.6 is 0 Å². The van der Waals surface area contributed by atoms with Crippen LogP contribution in [0.1, 0.15) is 18.5 Å². The molecular formula is C29H31FN6O. The topological polar surface area (TPSA) is 57.0 Å². The number of nitrogens with zero attached hydrogens (tertiary/aromatic N) is 6. The molecule has 37 heavy (non-hydrogen) atoms. The van der Waals surface area contributed by atoms with E-state index in [2.05, 4.69) is 50.0 Å². The predicted octanol–water partition coefficient (Wildman–Crippen LogP) is 4.41. The third kappa shape index (κ3) is 4.75. The lowest BCUT2D eigenvalue weighted by Crippen LogP contribution is -2.51. The fourth-order valence-corrected chi connectivity index (χ4v) is 5.50. The summed E-state index contributed by atoms with van der Waals surface area (Å²) in [6, 6.07) is 20.8. The number of para-hydroxylation sites is 1. The van der Waals surface area contributed by atoms with Gasteiger partial charge in [-0.1, -0.05) is 18.2 Å². The Labute approximate surface area is 216 Å². The SMILES string of the molecule is Cc1cc(N2CCC(C(=O)N3CCN(c4ccccc4)CC3)CC2)n2nc(-c3ccc(F)cc3)cc2n1. The Kier molecular flexibility index (Phi) is 6.24. The molecule has 0 atom stereocenters. The Morgan fingerprint density at radius 2 is 1.57 bits per heavy atom. The maximum absolute atomic E-state index is 13.4. The molecule has 0 saturated carbocycles. The van der Waals surface area contributed by atoms with Crippen molar-refractivity contribution in [1.29, 1.82) is 0 Å². The molecule has 4 aromatic rings. The zero-order chi connectivity index (χ0) is 25.4. The summed E-state index contributed by atoms with van der Waals surface area (Å²) in [6.45, 7) is 6.88. The second-order valence-electron chi connectivity index (χ2n) is 9.97. The lowest BCUT2D eigenvalue weighted by Gasteiger charge is -2.39. The molecule has 4 heterocycles. The number of aryl methyl sites for hydroxylation is 1. The van der Waals surface area contributed by atoms with E-state index in [1.165, 1.54) is 17.8 Å². The maximum Gasteiger partial charge on any atom is 0.225 e. The lowest BCUT2D eigenvalue weighted by atomic mass is 9.95. The van der Waals surface area contributed by atoms with Gasteiger partial charge in [0.2, 0.25) is 5.91 Å². The number of aromatic nitrogens is 3. The molecule has 0 radical (unpaired) electrons. The van der Waals surface area contributed by atoms with E-state index in [4.69, 9.17) is 5.10 Å². The van der Waals surface area contributed by atoms with Crippen LogP contribution in [0.25, 0.3) is 16.9 Å². The van der Waals surface area contributed by atoms with Crippen molar-refractivity contribution < 1.29 is 9.18 Å². The van der Waals surface area contributed by atoms with Gasteiger partial charge in [-0.15, -0.1) is 0 Å². The Bertz CT molecular complexity index is 1390. The molecule has 2 aromatic heterocycles. The van der Waals surface area contributed by atoms with E-state index in [-0.39, 0.29) is 11.7 Å². The Morgan fingerprint density at radius 1 is 0.865 bits per heavy atom. The number of anilines is 2. The zero-order valence-electron chi connectivity index (χ0n) is 21.1. The normalized spacial score (nSPS) is 17.0. The highest BCUT2D eigenvalue weighted by molar-refractivity contribution is 5.79. The molecule has 0 aliphatic carbocycles. The van der Waals surface area contributed by atoms with E-state index in [0.29, 0.717) is 5.91 Å². The summed E-state index contributed by atoms with van der Waals surface area (Å²) in [5, 5.41) is 4.80. The predicted molar refractivity (Wildman–Crippen MR) is 143 cm³/mol. The molecule has 7 nitrogen and oxygen atoms in total. The molecule has 0 bridgehead atoms. The number of amides is 1. The van der Waals surface area contributed by atoms with Gasteiger partial charge in [-0.3, -0.25) is 4.79 Å². The molecule has 2 aromatic carbocycles. The van der Waals surface area contributed by atoms with Crippen molar-refractivity contribution >= 4 is 23.1 Å². The third-order valence-corrected chi connectivity index (χ3v) is 7.56. The second kappa shape index (κ2) is 9.84. The summed E-state index contributed by atoms with van der Waals surface area (Å²) < 4.78 is 15.3. The number of carbonyl (C=O) groups is 1. The quantitative estimate of drug-likeness (QED) is 0.417. The first-order valence-electron chi connectivity index (χ1n) is 13.0. The molecule has 190 valence electrons. The van der Waals surface area contributed by atoms with Crippen LogP contribution < -0.4 is 9.80 Å². The summed E-state index contributed by atoms with van der Waals surface area (Å²) in [5.41, 5.74) is 4.53. The average molecular weight is 499 g/mol. The minimum atomic E-state index is -0.266. The van der Waals surface area contributed by atoms with E-state index in [9.17, 15) is 9.18 Å². The van der Waals surface area contributed by atoms with Gasteiger partial charge in [0.1, 0.15) is 11.6 Å². The van der Waals surface area contributed by atoms with Crippen LogP contribution in [0.15, 0.2) is 66.7 Å². The van der Waals surface area contributed by atoms with E-state index in [1.807, 2.05) is 23.6 Å². The first kappa shape index (κ1) is 23.5. The van der Waals surface area contributed by atoms with E-state index >= 15 is 0 Å². The van der Waals surface area contributed by atoms with Crippen molar-refractivity contribution in [3.63, 3.8) is 0 Å². The van der Waals surface area contributed by atoms with Gasteiger partial charge in [-0.2, -0.15) is 9.61 Å². The van der Waals surface area contributed by atoms with E-state index < -0.39 is 0 Å². The summed E-state index contributed by atoms with van der Waals surface area (Å²) in [4.78, 5) is 24.7. The number of piperazine rings is 1. The second-order valence-corrected chi connectivity index (χ2v) is 9.97. The standard InChI is InChI=1S/C29H31FN6O/c1-21-19-28(36-27(31-21)20-26(32-36)22-7-9-24(30)10-8-22)34-13-11-23(12-14-34)29(37)35-17-15-33(16-18-35)25-5-3-2-4-6-25/h2-10,19-20,23H,11-18H2,1H3. The summed E-state index contributed by atoms with van der Waals surface area (Å²) in [6.07, 6.45) is 1.65. The first-order chi connectivity index (χ1) is 18.0. The van der Waals surface area contributed by atoms with Gasteiger partial charge in [0.15, 0.2) is 5.65 Å². The lowest BCUT2D eigenvalue weighted by molar-refractivity contribution is -0.136. The first-order valence-corrected chi connectivity index (χ1v) is 13.0.